The second-order valence-corrected chi connectivity index (χ2v) is 6.43. The van der Waals surface area contributed by atoms with E-state index >= 15 is 0 Å². The van der Waals surface area contributed by atoms with Gasteiger partial charge in [-0.2, -0.15) is 0 Å². The van der Waals surface area contributed by atoms with Gasteiger partial charge in [0.2, 0.25) is 0 Å². The van der Waals surface area contributed by atoms with Crippen molar-refractivity contribution in [2.24, 2.45) is 0 Å². The zero-order chi connectivity index (χ0) is 14.9. The van der Waals surface area contributed by atoms with Crippen LogP contribution in [0.5, 0.6) is 5.75 Å². The molecule has 21 heavy (non-hydrogen) atoms. The minimum atomic E-state index is 0.484. The third kappa shape index (κ3) is 5.35. The molecular formula is C19H31NO. The maximum absolute atomic E-state index is 9.86. The first kappa shape index (κ1) is 16.4. The maximum Gasteiger partial charge on any atom is 0.119 e. The highest BCUT2D eigenvalue weighted by atomic mass is 16.3. The van der Waals surface area contributed by atoms with E-state index < -0.39 is 0 Å². The van der Waals surface area contributed by atoms with E-state index in [1.165, 1.54) is 56.1 Å². The minimum absolute atomic E-state index is 0.484. The van der Waals surface area contributed by atoms with Gasteiger partial charge in [-0.15, -0.1) is 0 Å². The number of phenols is 1. The number of hydrogen-bond donors (Lipinski definition) is 2. The summed E-state index contributed by atoms with van der Waals surface area (Å²) in [5.41, 5.74) is 2.50. The van der Waals surface area contributed by atoms with Gasteiger partial charge in [-0.3, -0.25) is 0 Å². The minimum Gasteiger partial charge on any atom is -0.508 e. The number of hydrogen-bond acceptors (Lipinski definition) is 2. The summed E-state index contributed by atoms with van der Waals surface area (Å²) in [4.78, 5) is 0. The number of fused-ring (bicyclic) bond motifs is 1. The number of phenolic OH excluding ortho intramolecular Hbond substituents is 1. The van der Waals surface area contributed by atoms with Gasteiger partial charge in [0.1, 0.15) is 5.75 Å². The first-order valence-electron chi connectivity index (χ1n) is 8.84. The third-order valence-corrected chi connectivity index (χ3v) is 4.67. The Morgan fingerprint density at radius 1 is 1.10 bits per heavy atom. The van der Waals surface area contributed by atoms with Crippen LogP contribution in [0.3, 0.4) is 0 Å². The van der Waals surface area contributed by atoms with Crippen LogP contribution in [0.4, 0.5) is 0 Å². The zero-order valence-corrected chi connectivity index (χ0v) is 13.5. The Morgan fingerprint density at radius 3 is 2.67 bits per heavy atom. The zero-order valence-electron chi connectivity index (χ0n) is 13.5. The Bertz CT molecular complexity index is 416. The second-order valence-electron chi connectivity index (χ2n) is 6.43. The Balaban J connectivity index is 1.58. The molecule has 0 radical (unpaired) electrons. The molecule has 0 aliphatic heterocycles. The van der Waals surface area contributed by atoms with Crippen molar-refractivity contribution < 1.29 is 5.11 Å². The van der Waals surface area contributed by atoms with E-state index in [1.54, 1.807) is 0 Å². The molecule has 1 atom stereocenters. The number of benzene rings is 1. The van der Waals surface area contributed by atoms with Gasteiger partial charge in [0.15, 0.2) is 0 Å². The first-order chi connectivity index (χ1) is 10.3. The lowest BCUT2D eigenvalue weighted by atomic mass is 9.87. The Kier molecular flexibility index (Phi) is 7.08. The quantitative estimate of drug-likeness (QED) is 0.652. The van der Waals surface area contributed by atoms with Gasteiger partial charge in [0.25, 0.3) is 0 Å². The molecule has 0 fully saturated rings. The van der Waals surface area contributed by atoms with Gasteiger partial charge in [-0.05, 0) is 49.4 Å². The van der Waals surface area contributed by atoms with Crippen LogP contribution < -0.4 is 5.32 Å². The Morgan fingerprint density at radius 2 is 1.86 bits per heavy atom. The van der Waals surface area contributed by atoms with Gasteiger partial charge in [0.05, 0.1) is 0 Å². The van der Waals surface area contributed by atoms with E-state index in [0.717, 1.165) is 25.8 Å². The van der Waals surface area contributed by atoms with Crippen molar-refractivity contribution in [3.05, 3.63) is 29.3 Å². The van der Waals surface area contributed by atoms with E-state index in [9.17, 15) is 5.11 Å². The van der Waals surface area contributed by atoms with Crippen molar-refractivity contribution in [3.8, 4) is 5.75 Å². The molecule has 0 amide bonds. The number of unbranched alkanes of at least 4 members (excludes halogenated alkanes) is 6. The van der Waals surface area contributed by atoms with Crippen molar-refractivity contribution in [2.75, 3.05) is 6.54 Å². The summed E-state index contributed by atoms with van der Waals surface area (Å²) in [6.45, 7) is 3.42. The summed E-state index contributed by atoms with van der Waals surface area (Å²) >= 11 is 0. The standard InChI is InChI=1S/C19H31NO/c1-2-3-4-5-6-7-8-14-20-17-12-13-18-16(15-17)10-9-11-19(18)21/h9-11,17,20-21H,2-8,12-15H2,1H3. The molecule has 1 aliphatic rings. The largest absolute Gasteiger partial charge is 0.508 e. The molecule has 1 aliphatic carbocycles. The van der Waals surface area contributed by atoms with Crippen LogP contribution >= 0.6 is 0 Å². The molecule has 2 N–H and O–H groups in total. The molecule has 0 saturated carbocycles. The van der Waals surface area contributed by atoms with Gasteiger partial charge in [-0.1, -0.05) is 57.6 Å². The Hall–Kier alpha value is -1.02. The van der Waals surface area contributed by atoms with E-state index in [0.29, 0.717) is 11.8 Å². The summed E-state index contributed by atoms with van der Waals surface area (Å²) < 4.78 is 0. The lowest BCUT2D eigenvalue weighted by Crippen LogP contribution is -2.35. The monoisotopic (exact) mass is 289 g/mol. The van der Waals surface area contributed by atoms with Gasteiger partial charge < -0.3 is 10.4 Å². The second kappa shape index (κ2) is 9.09. The van der Waals surface area contributed by atoms with Gasteiger partial charge in [0, 0.05) is 6.04 Å². The van der Waals surface area contributed by atoms with Crippen molar-refractivity contribution >= 4 is 0 Å². The molecule has 0 saturated heterocycles. The van der Waals surface area contributed by atoms with Gasteiger partial charge in [-0.25, -0.2) is 0 Å². The van der Waals surface area contributed by atoms with Crippen LogP contribution in [0.2, 0.25) is 0 Å². The highest BCUT2D eigenvalue weighted by molar-refractivity contribution is 5.41. The summed E-state index contributed by atoms with van der Waals surface area (Å²) in [6.07, 6.45) is 12.8. The summed E-state index contributed by atoms with van der Waals surface area (Å²) in [7, 11) is 0. The number of aromatic hydroxyl groups is 1. The van der Waals surface area contributed by atoms with Crippen LogP contribution in [0.25, 0.3) is 0 Å². The van der Waals surface area contributed by atoms with Crippen LogP contribution in [0.15, 0.2) is 18.2 Å². The van der Waals surface area contributed by atoms with E-state index in [2.05, 4.69) is 18.3 Å². The lowest BCUT2D eigenvalue weighted by molar-refractivity contribution is 0.426. The topological polar surface area (TPSA) is 32.3 Å². The average Bonchev–Trinajstić information content (AvgIpc) is 2.50. The van der Waals surface area contributed by atoms with Crippen molar-refractivity contribution in [1.82, 2.24) is 5.32 Å². The summed E-state index contributed by atoms with van der Waals surface area (Å²) in [6, 6.07) is 6.54. The van der Waals surface area contributed by atoms with Crippen molar-refractivity contribution in [2.45, 2.75) is 77.2 Å². The van der Waals surface area contributed by atoms with E-state index in [1.807, 2.05) is 12.1 Å². The van der Waals surface area contributed by atoms with Gasteiger partial charge >= 0.3 is 0 Å². The lowest BCUT2D eigenvalue weighted by Gasteiger charge is -2.26. The molecule has 1 unspecified atom stereocenters. The predicted octanol–water partition coefficient (Wildman–Crippen LogP) is 4.59. The van der Waals surface area contributed by atoms with E-state index in [4.69, 9.17) is 0 Å². The molecule has 0 heterocycles. The molecule has 1 aromatic carbocycles. The molecule has 0 bridgehead atoms. The molecule has 1 aromatic rings. The smallest absolute Gasteiger partial charge is 0.119 e. The normalized spacial score (nSPS) is 17.7. The van der Waals surface area contributed by atoms with Crippen molar-refractivity contribution in [1.29, 1.82) is 0 Å². The predicted molar refractivity (Wildman–Crippen MR) is 89.9 cm³/mol. The molecule has 2 rings (SSSR count). The average molecular weight is 289 g/mol. The Labute approximate surface area is 130 Å². The van der Waals surface area contributed by atoms with Crippen LogP contribution in [0, 0.1) is 0 Å². The number of rotatable bonds is 9. The SMILES string of the molecule is CCCCCCCCCNC1CCc2c(O)cccc2C1. The fourth-order valence-corrected chi connectivity index (χ4v) is 3.35. The van der Waals surface area contributed by atoms with Crippen LogP contribution in [-0.4, -0.2) is 17.7 Å². The molecule has 2 heteroatoms. The van der Waals surface area contributed by atoms with Crippen molar-refractivity contribution in [3.63, 3.8) is 0 Å². The first-order valence-corrected chi connectivity index (χ1v) is 8.84. The molecular weight excluding hydrogens is 258 g/mol. The molecule has 2 nitrogen and oxygen atoms in total. The molecule has 0 aromatic heterocycles. The van der Waals surface area contributed by atoms with Crippen LogP contribution in [-0.2, 0) is 12.8 Å². The molecule has 0 spiro atoms. The maximum atomic E-state index is 9.86. The summed E-state index contributed by atoms with van der Waals surface area (Å²) in [5, 5.41) is 13.6. The highest BCUT2D eigenvalue weighted by Crippen LogP contribution is 2.28. The van der Waals surface area contributed by atoms with Crippen LogP contribution in [0.1, 0.15) is 69.4 Å². The number of nitrogens with one attached hydrogen (secondary N) is 1. The van der Waals surface area contributed by atoms with E-state index in [-0.39, 0.29) is 0 Å². The fourth-order valence-electron chi connectivity index (χ4n) is 3.35. The highest BCUT2D eigenvalue weighted by Gasteiger charge is 2.19. The fraction of sp³-hybridized carbons (Fsp3) is 0.684. The summed E-state index contributed by atoms with van der Waals surface area (Å²) in [5.74, 6) is 0.484. The molecule has 118 valence electrons. The third-order valence-electron chi connectivity index (χ3n) is 4.67.